The molecule has 1 atom stereocenters. The molecule has 0 aromatic heterocycles. The number of carbonyl (C=O) groups is 2. The summed E-state index contributed by atoms with van der Waals surface area (Å²) in [4.78, 5) is 23.9. The second-order valence-corrected chi connectivity index (χ2v) is 9.48. The minimum Gasteiger partial charge on any atom is -0.480 e. The fraction of sp³-hybridized carbons (Fsp3) is 0.556. The molecule has 1 aromatic rings. The van der Waals surface area contributed by atoms with Crippen LogP contribution in [0.2, 0.25) is 0 Å². The third-order valence-electron chi connectivity index (χ3n) is 4.60. The van der Waals surface area contributed by atoms with Crippen LogP contribution >= 0.6 is 11.8 Å². The summed E-state index contributed by atoms with van der Waals surface area (Å²) in [6, 6.07) is 3.45. The zero-order chi connectivity index (χ0) is 20.0. The summed E-state index contributed by atoms with van der Waals surface area (Å²) in [5.41, 5.74) is 0.709. The van der Waals surface area contributed by atoms with Gasteiger partial charge in [0.1, 0.15) is 6.04 Å². The highest BCUT2D eigenvalue weighted by Crippen LogP contribution is 2.24. The van der Waals surface area contributed by atoms with Crippen LogP contribution in [0.5, 0.6) is 0 Å². The molecule has 1 aromatic carbocycles. The molecule has 2 rings (SSSR count). The normalized spacial score (nSPS) is 16.7. The Morgan fingerprint density at radius 3 is 2.52 bits per heavy atom. The van der Waals surface area contributed by atoms with Gasteiger partial charge in [0.25, 0.3) is 5.91 Å². The molecule has 0 radical (unpaired) electrons. The molecule has 0 spiro atoms. The van der Waals surface area contributed by atoms with Crippen molar-refractivity contribution in [1.82, 2.24) is 9.62 Å². The molecule has 1 aliphatic rings. The van der Waals surface area contributed by atoms with Gasteiger partial charge in [-0.3, -0.25) is 4.79 Å². The number of thioether (sulfide) groups is 1. The van der Waals surface area contributed by atoms with E-state index in [-0.39, 0.29) is 10.5 Å². The second kappa shape index (κ2) is 9.57. The number of benzene rings is 1. The Morgan fingerprint density at radius 1 is 1.26 bits per heavy atom. The number of amides is 1. The molecule has 0 unspecified atom stereocenters. The highest BCUT2D eigenvalue weighted by molar-refractivity contribution is 7.98. The number of rotatable bonds is 8. The maximum absolute atomic E-state index is 13.0. The average molecular weight is 415 g/mol. The molecule has 27 heavy (non-hydrogen) atoms. The van der Waals surface area contributed by atoms with Crippen molar-refractivity contribution in [3.05, 3.63) is 29.3 Å². The van der Waals surface area contributed by atoms with Gasteiger partial charge in [0.15, 0.2) is 0 Å². The monoisotopic (exact) mass is 414 g/mol. The van der Waals surface area contributed by atoms with Crippen molar-refractivity contribution >= 4 is 33.7 Å². The standard InChI is InChI=1S/C18H26N2O5S2/c1-13-6-7-14(17(21)19-15(18(22)23)8-11-26-2)12-16(13)27(24,25)20-9-4-3-5-10-20/h6-7,12,15H,3-5,8-11H2,1-2H3,(H,19,21)(H,22,23)/t15-/m1/s1. The van der Waals surface area contributed by atoms with Crippen molar-refractivity contribution in [1.29, 1.82) is 0 Å². The van der Waals surface area contributed by atoms with E-state index in [9.17, 15) is 23.1 Å². The summed E-state index contributed by atoms with van der Waals surface area (Å²) in [6.45, 7) is 2.65. The first-order chi connectivity index (χ1) is 12.8. The Labute approximate surface area is 164 Å². The molecule has 9 heteroatoms. The smallest absolute Gasteiger partial charge is 0.326 e. The van der Waals surface area contributed by atoms with Crippen LogP contribution in [0.15, 0.2) is 23.1 Å². The summed E-state index contributed by atoms with van der Waals surface area (Å²) in [7, 11) is -3.67. The average Bonchev–Trinajstić information content (AvgIpc) is 2.65. The van der Waals surface area contributed by atoms with E-state index in [1.165, 1.54) is 28.2 Å². The van der Waals surface area contributed by atoms with E-state index < -0.39 is 27.9 Å². The zero-order valence-corrected chi connectivity index (χ0v) is 17.2. The van der Waals surface area contributed by atoms with Crippen LogP contribution < -0.4 is 5.32 Å². The minimum absolute atomic E-state index is 0.105. The first kappa shape index (κ1) is 21.7. The van der Waals surface area contributed by atoms with Crippen molar-refractivity contribution in [3.8, 4) is 0 Å². The van der Waals surface area contributed by atoms with Crippen molar-refractivity contribution in [2.75, 3.05) is 25.1 Å². The molecule has 0 aliphatic carbocycles. The topological polar surface area (TPSA) is 104 Å². The number of carboxylic acid groups (broad SMARTS) is 1. The Balaban J connectivity index is 2.25. The van der Waals surface area contributed by atoms with E-state index in [0.717, 1.165) is 19.3 Å². The summed E-state index contributed by atoms with van der Waals surface area (Å²) >= 11 is 1.49. The van der Waals surface area contributed by atoms with Gasteiger partial charge >= 0.3 is 5.97 Å². The number of hydrogen-bond acceptors (Lipinski definition) is 5. The van der Waals surface area contributed by atoms with Gasteiger partial charge in [0.05, 0.1) is 4.90 Å². The lowest BCUT2D eigenvalue weighted by molar-refractivity contribution is -0.139. The van der Waals surface area contributed by atoms with Gasteiger partial charge in [-0.1, -0.05) is 12.5 Å². The molecule has 0 bridgehead atoms. The highest BCUT2D eigenvalue weighted by atomic mass is 32.2. The predicted octanol–water partition coefficient (Wildman–Crippen LogP) is 2.11. The maximum Gasteiger partial charge on any atom is 0.326 e. The number of carboxylic acids is 1. The van der Waals surface area contributed by atoms with E-state index in [2.05, 4.69) is 5.32 Å². The summed E-state index contributed by atoms with van der Waals surface area (Å²) in [6.07, 6.45) is 4.83. The van der Waals surface area contributed by atoms with Crippen molar-refractivity contribution in [3.63, 3.8) is 0 Å². The maximum atomic E-state index is 13.0. The summed E-state index contributed by atoms with van der Waals surface area (Å²) < 4.78 is 27.4. The molecule has 2 N–H and O–H groups in total. The Morgan fingerprint density at radius 2 is 1.93 bits per heavy atom. The third-order valence-corrected chi connectivity index (χ3v) is 7.28. The number of aryl methyl sites for hydroxylation is 1. The number of hydrogen-bond donors (Lipinski definition) is 2. The fourth-order valence-electron chi connectivity index (χ4n) is 3.00. The van der Waals surface area contributed by atoms with Gasteiger partial charge in [-0.25, -0.2) is 13.2 Å². The van der Waals surface area contributed by atoms with Crippen LogP contribution in [-0.2, 0) is 14.8 Å². The predicted molar refractivity (Wildman–Crippen MR) is 106 cm³/mol. The summed E-state index contributed by atoms with van der Waals surface area (Å²) in [5.74, 6) is -1.09. The van der Waals surface area contributed by atoms with E-state index in [4.69, 9.17) is 0 Å². The number of piperidine rings is 1. The zero-order valence-electron chi connectivity index (χ0n) is 15.6. The largest absolute Gasteiger partial charge is 0.480 e. The van der Waals surface area contributed by atoms with Gasteiger partial charge < -0.3 is 10.4 Å². The molecule has 150 valence electrons. The number of carbonyl (C=O) groups excluding carboxylic acids is 1. The van der Waals surface area contributed by atoms with E-state index in [1.807, 2.05) is 6.26 Å². The van der Waals surface area contributed by atoms with Gasteiger partial charge in [-0.2, -0.15) is 16.1 Å². The number of nitrogens with zero attached hydrogens (tertiary/aromatic N) is 1. The van der Waals surface area contributed by atoms with Gasteiger partial charge in [0.2, 0.25) is 10.0 Å². The van der Waals surface area contributed by atoms with Gasteiger partial charge in [-0.15, -0.1) is 0 Å². The fourth-order valence-corrected chi connectivity index (χ4v) is 5.24. The Bertz CT molecular complexity index is 789. The highest BCUT2D eigenvalue weighted by Gasteiger charge is 2.28. The SMILES string of the molecule is CSCC[C@@H](NC(=O)c1ccc(C)c(S(=O)(=O)N2CCCCC2)c1)C(=O)O. The quantitative estimate of drug-likeness (QED) is 0.675. The molecular formula is C18H26N2O5S2. The Kier molecular flexibility index (Phi) is 7.69. The van der Waals surface area contributed by atoms with Crippen molar-refractivity contribution in [2.24, 2.45) is 0 Å². The lowest BCUT2D eigenvalue weighted by Crippen LogP contribution is -2.41. The molecule has 1 fully saturated rings. The lowest BCUT2D eigenvalue weighted by Gasteiger charge is -2.26. The molecule has 1 heterocycles. The minimum atomic E-state index is -3.67. The van der Waals surface area contributed by atoms with Crippen LogP contribution in [0.1, 0.15) is 41.6 Å². The van der Waals surface area contributed by atoms with Gasteiger partial charge in [0, 0.05) is 18.7 Å². The van der Waals surface area contributed by atoms with Crippen LogP contribution in [-0.4, -0.2) is 60.8 Å². The molecule has 0 saturated carbocycles. The van der Waals surface area contributed by atoms with Crippen LogP contribution in [0, 0.1) is 6.92 Å². The molecule has 7 nitrogen and oxygen atoms in total. The number of nitrogens with one attached hydrogen (secondary N) is 1. The molecule has 1 aliphatic heterocycles. The van der Waals surface area contributed by atoms with Crippen LogP contribution in [0.3, 0.4) is 0 Å². The van der Waals surface area contributed by atoms with E-state index in [1.54, 1.807) is 13.0 Å². The number of aliphatic carboxylic acids is 1. The third kappa shape index (κ3) is 5.46. The van der Waals surface area contributed by atoms with Crippen molar-refractivity contribution < 1.29 is 23.1 Å². The Hall–Kier alpha value is -1.58. The lowest BCUT2D eigenvalue weighted by atomic mass is 10.1. The second-order valence-electron chi connectivity index (χ2n) is 6.59. The van der Waals surface area contributed by atoms with Crippen LogP contribution in [0.4, 0.5) is 0 Å². The summed E-state index contributed by atoms with van der Waals surface area (Å²) in [5, 5.41) is 11.8. The molecule has 1 saturated heterocycles. The van der Waals surface area contributed by atoms with Crippen LogP contribution in [0.25, 0.3) is 0 Å². The first-order valence-electron chi connectivity index (χ1n) is 8.90. The molecule has 1 amide bonds. The van der Waals surface area contributed by atoms with E-state index in [0.29, 0.717) is 30.8 Å². The molecular weight excluding hydrogens is 388 g/mol. The first-order valence-corrected chi connectivity index (χ1v) is 11.7. The van der Waals surface area contributed by atoms with Crippen molar-refractivity contribution in [2.45, 2.75) is 43.5 Å². The van der Waals surface area contributed by atoms with Gasteiger partial charge in [-0.05, 0) is 55.9 Å². The van der Waals surface area contributed by atoms with E-state index >= 15 is 0 Å². The number of sulfonamides is 1.